The highest BCUT2D eigenvalue weighted by atomic mass is 16.4. The van der Waals surface area contributed by atoms with Crippen molar-refractivity contribution >= 4 is 18.1 Å². The van der Waals surface area contributed by atoms with Crippen LogP contribution in [0.3, 0.4) is 0 Å². The van der Waals surface area contributed by atoms with Crippen molar-refractivity contribution in [1.29, 1.82) is 0 Å². The third-order valence-electron chi connectivity index (χ3n) is 3.07. The van der Waals surface area contributed by atoms with Gasteiger partial charge in [0, 0.05) is 0 Å². The van der Waals surface area contributed by atoms with Crippen LogP contribution in [0.5, 0.6) is 0 Å². The fourth-order valence-electron chi connectivity index (χ4n) is 2.01. The van der Waals surface area contributed by atoms with E-state index in [1.54, 1.807) is 0 Å². The Bertz CT molecular complexity index is 1000. The third-order valence-corrected chi connectivity index (χ3v) is 3.07. The van der Waals surface area contributed by atoms with E-state index in [0.717, 1.165) is 18.4 Å². The molecule has 0 saturated carbocycles. The monoisotopic (exact) mass is 359 g/mol. The Balaban J connectivity index is 4.25. The van der Waals surface area contributed by atoms with Crippen molar-refractivity contribution in [2.45, 2.75) is 12.1 Å². The summed E-state index contributed by atoms with van der Waals surface area (Å²) in [7, 11) is 0. The van der Waals surface area contributed by atoms with E-state index in [-0.39, 0.29) is 9.13 Å². The summed E-state index contributed by atoms with van der Waals surface area (Å²) < 4.78 is 0.638. The molecule has 2 atom stereocenters. The molecule has 1 heterocycles. The average Bonchev–Trinajstić information content (AvgIpc) is 2.56. The van der Waals surface area contributed by atoms with Gasteiger partial charge in [-0.3, -0.25) is 0 Å². The third kappa shape index (κ3) is 3.53. The lowest BCUT2D eigenvalue weighted by atomic mass is 10.2. The molecule has 0 aliphatic carbocycles. The smallest absolute Gasteiger partial charge is 0.342 e. The second-order valence-corrected chi connectivity index (χ2v) is 4.60. The van der Waals surface area contributed by atoms with Crippen molar-refractivity contribution in [3.05, 3.63) is 80.5 Å². The van der Waals surface area contributed by atoms with E-state index >= 15 is 0 Å². The molecule has 0 amide bonds. The first-order valence-electron chi connectivity index (χ1n) is 6.75. The first-order chi connectivity index (χ1) is 12.2. The molecule has 0 saturated heterocycles. The van der Waals surface area contributed by atoms with Crippen LogP contribution in [0.15, 0.2) is 63.5 Å². The Kier molecular flexibility index (Phi) is 6.25. The summed E-state index contributed by atoms with van der Waals surface area (Å²) in [5.41, 5.74) is 2.25. The van der Waals surface area contributed by atoms with Gasteiger partial charge < -0.3 is 10.2 Å². The van der Waals surface area contributed by atoms with E-state index in [2.05, 4.69) is 36.9 Å². The van der Waals surface area contributed by atoms with Crippen molar-refractivity contribution in [2.75, 3.05) is 0 Å². The van der Waals surface area contributed by atoms with Gasteiger partial charge in [-0.15, -0.1) is 17.2 Å². The number of rotatable bonds is 7. The summed E-state index contributed by atoms with van der Waals surface area (Å²) in [6.45, 7) is 9.53. The maximum Gasteiger partial charge on any atom is 0.342 e. The molecule has 0 spiro atoms. The maximum atomic E-state index is 12.6. The van der Waals surface area contributed by atoms with Gasteiger partial charge in [0.25, 0.3) is 0 Å². The maximum absolute atomic E-state index is 12.6. The topological polar surface area (TPSA) is 141 Å². The van der Waals surface area contributed by atoms with Gasteiger partial charge in [0.2, 0.25) is 0 Å². The van der Waals surface area contributed by atoms with E-state index in [1.807, 2.05) is 0 Å². The fraction of sp³-hybridized carbons (Fsp3) is 0.125. The first kappa shape index (κ1) is 20.0. The second kappa shape index (κ2) is 8.14. The molecule has 134 valence electrons. The minimum absolute atomic E-state index is 0.169. The van der Waals surface area contributed by atoms with Crippen LogP contribution >= 0.6 is 0 Å². The molecule has 10 heteroatoms. The van der Waals surface area contributed by atoms with Crippen LogP contribution in [-0.2, 0) is 9.59 Å². The van der Waals surface area contributed by atoms with Crippen LogP contribution in [0, 0.1) is 0 Å². The number of hydrogen-bond acceptors (Lipinski definition) is 5. The normalized spacial score (nSPS) is 11.8. The van der Waals surface area contributed by atoms with Crippen LogP contribution in [0.25, 0.3) is 6.20 Å². The highest BCUT2D eigenvalue weighted by Gasteiger charge is 2.29. The van der Waals surface area contributed by atoms with Crippen LogP contribution in [-0.4, -0.2) is 35.9 Å². The largest absolute Gasteiger partial charge is 0.479 e. The molecule has 0 aliphatic heterocycles. The zero-order chi connectivity index (χ0) is 20.0. The molecule has 1 aromatic heterocycles. The summed E-state index contributed by atoms with van der Waals surface area (Å²) in [6, 6.07) is -3.77. The lowest BCUT2D eigenvalue weighted by Crippen LogP contribution is -2.56. The standard InChI is InChI=1S/C16H13N3O7/c1-4-7-10(12(20)21)18-14(24)17(9-6-3)15(25)19(16(18)26)11(8-5-2)13(22)23/h7-11H,1-3H2,(H,20,21)(H,22,23). The van der Waals surface area contributed by atoms with Gasteiger partial charge in [-0.2, -0.15) is 0 Å². The predicted octanol–water partition coefficient (Wildman–Crippen LogP) is -0.639. The number of hydrogen-bond donors (Lipinski definition) is 2. The Hall–Kier alpha value is -4.09. The van der Waals surface area contributed by atoms with Gasteiger partial charge in [-0.05, 0) is 12.2 Å². The molecule has 0 fully saturated rings. The van der Waals surface area contributed by atoms with E-state index in [4.69, 9.17) is 0 Å². The zero-order valence-corrected chi connectivity index (χ0v) is 13.3. The molecule has 2 N–H and O–H groups in total. The van der Waals surface area contributed by atoms with E-state index in [9.17, 15) is 34.2 Å². The highest BCUT2D eigenvalue weighted by Crippen LogP contribution is 2.05. The van der Waals surface area contributed by atoms with Crippen LogP contribution in [0.1, 0.15) is 12.1 Å². The van der Waals surface area contributed by atoms with Crippen molar-refractivity contribution in [3.63, 3.8) is 0 Å². The second-order valence-electron chi connectivity index (χ2n) is 4.60. The molecular weight excluding hydrogens is 346 g/mol. The predicted molar refractivity (Wildman–Crippen MR) is 89.9 cm³/mol. The molecule has 1 rings (SSSR count). The summed E-state index contributed by atoms with van der Waals surface area (Å²) in [5.74, 6) is -3.27. The number of aromatic nitrogens is 3. The lowest BCUT2D eigenvalue weighted by molar-refractivity contribution is -0.139. The van der Waals surface area contributed by atoms with Gasteiger partial charge in [0.15, 0.2) is 12.1 Å². The Morgan fingerprint density at radius 2 is 1.19 bits per heavy atom. The molecule has 26 heavy (non-hydrogen) atoms. The minimum Gasteiger partial charge on any atom is -0.479 e. The first-order valence-corrected chi connectivity index (χ1v) is 6.75. The van der Waals surface area contributed by atoms with Crippen molar-refractivity contribution < 1.29 is 19.8 Å². The molecule has 2 unspecified atom stereocenters. The van der Waals surface area contributed by atoms with Crippen molar-refractivity contribution in [3.8, 4) is 0 Å². The van der Waals surface area contributed by atoms with E-state index in [0.29, 0.717) is 4.57 Å². The number of carboxylic acid groups (broad SMARTS) is 2. The van der Waals surface area contributed by atoms with Gasteiger partial charge >= 0.3 is 29.0 Å². The Morgan fingerprint density at radius 1 is 0.808 bits per heavy atom. The van der Waals surface area contributed by atoms with Gasteiger partial charge in [-0.25, -0.2) is 37.7 Å². The van der Waals surface area contributed by atoms with Crippen molar-refractivity contribution in [1.82, 2.24) is 13.7 Å². The summed E-state index contributed by atoms with van der Waals surface area (Å²) in [5, 5.41) is 18.5. The van der Waals surface area contributed by atoms with Crippen LogP contribution in [0.4, 0.5) is 0 Å². The van der Waals surface area contributed by atoms with Gasteiger partial charge in [0.05, 0.1) is 6.20 Å². The van der Waals surface area contributed by atoms with E-state index < -0.39 is 41.1 Å². The number of carboxylic acids is 2. The average molecular weight is 359 g/mol. The number of nitrogens with zero attached hydrogens (tertiary/aromatic N) is 3. The molecule has 0 aliphatic rings. The fourth-order valence-corrected chi connectivity index (χ4v) is 2.01. The SMILES string of the molecule is C=C=CC(C(=O)O)n1c(=O)n(C=C=C)c(=O)n(C(C=C=C)C(=O)O)c1=O. The summed E-state index contributed by atoms with van der Waals surface area (Å²) >= 11 is 0. The Morgan fingerprint density at radius 3 is 1.46 bits per heavy atom. The van der Waals surface area contributed by atoms with Crippen LogP contribution < -0.4 is 17.1 Å². The summed E-state index contributed by atoms with van der Waals surface area (Å²) in [4.78, 5) is 60.3. The lowest BCUT2D eigenvalue weighted by Gasteiger charge is -2.16. The molecular formula is C16H13N3O7. The molecule has 0 aromatic carbocycles. The van der Waals surface area contributed by atoms with Crippen LogP contribution in [0.2, 0.25) is 0 Å². The molecule has 0 bridgehead atoms. The molecule has 0 radical (unpaired) electrons. The Labute approximate surface area is 145 Å². The van der Waals surface area contributed by atoms with Gasteiger partial charge in [0.1, 0.15) is 0 Å². The molecule has 10 nitrogen and oxygen atoms in total. The van der Waals surface area contributed by atoms with Gasteiger partial charge in [-0.1, -0.05) is 19.7 Å². The highest BCUT2D eigenvalue weighted by molar-refractivity contribution is 5.74. The quantitative estimate of drug-likeness (QED) is 0.617. The number of aliphatic carboxylic acids is 2. The van der Waals surface area contributed by atoms with E-state index in [1.165, 1.54) is 0 Å². The number of carbonyl (C=O) groups is 2. The van der Waals surface area contributed by atoms with Crippen molar-refractivity contribution in [2.24, 2.45) is 0 Å². The zero-order valence-electron chi connectivity index (χ0n) is 13.3. The summed E-state index contributed by atoms with van der Waals surface area (Å²) in [6.07, 6.45) is 2.33. The minimum atomic E-state index is -1.88. The molecule has 1 aromatic rings.